The summed E-state index contributed by atoms with van der Waals surface area (Å²) in [5.74, 6) is 0.620. The summed E-state index contributed by atoms with van der Waals surface area (Å²) in [5, 5.41) is 0. The van der Waals surface area contributed by atoms with Crippen LogP contribution in [0.4, 0.5) is 0 Å². The predicted molar refractivity (Wildman–Crippen MR) is 127 cm³/mol. The van der Waals surface area contributed by atoms with Crippen LogP contribution in [0.15, 0.2) is 79.4 Å². The topological polar surface area (TPSA) is 79.1 Å². The second-order valence-electron chi connectivity index (χ2n) is 8.48. The van der Waals surface area contributed by atoms with Gasteiger partial charge in [-0.1, -0.05) is 42.5 Å². The lowest BCUT2D eigenvalue weighted by atomic mass is 9.73. The highest BCUT2D eigenvalue weighted by Gasteiger charge is 2.40. The van der Waals surface area contributed by atoms with Gasteiger partial charge in [-0.05, 0) is 36.1 Å². The zero-order chi connectivity index (χ0) is 23.4. The molecule has 0 radical (unpaired) electrons. The van der Waals surface area contributed by atoms with E-state index in [0.29, 0.717) is 18.8 Å². The number of imidazole rings is 1. The van der Waals surface area contributed by atoms with Crippen molar-refractivity contribution in [2.45, 2.75) is 24.9 Å². The maximum Gasteiger partial charge on any atom is 0.338 e. The quantitative estimate of drug-likeness (QED) is 0.404. The number of ether oxygens (including phenoxy) is 2. The minimum Gasteiger partial charge on any atom is -0.457 e. The smallest absolute Gasteiger partial charge is 0.338 e. The Morgan fingerprint density at radius 1 is 1.03 bits per heavy atom. The average Bonchev–Trinajstić information content (AvgIpc) is 3.31. The fourth-order valence-corrected chi connectivity index (χ4v) is 4.56. The first-order valence-electron chi connectivity index (χ1n) is 11.4. The second-order valence-corrected chi connectivity index (χ2v) is 8.48. The van der Waals surface area contributed by atoms with Crippen molar-refractivity contribution in [1.29, 1.82) is 0 Å². The largest absolute Gasteiger partial charge is 0.457 e. The average molecular weight is 455 g/mol. The summed E-state index contributed by atoms with van der Waals surface area (Å²) in [4.78, 5) is 26.2. The number of hydrogen-bond acceptors (Lipinski definition) is 6. The maximum absolute atomic E-state index is 12.6. The van der Waals surface area contributed by atoms with Crippen LogP contribution in [0.2, 0.25) is 0 Å². The highest BCUT2D eigenvalue weighted by Crippen LogP contribution is 2.41. The first kappa shape index (κ1) is 22.0. The number of nitrogens with zero attached hydrogens (tertiary/aromatic N) is 4. The van der Waals surface area contributed by atoms with Crippen LogP contribution in [0.1, 0.15) is 40.2 Å². The maximum atomic E-state index is 12.6. The summed E-state index contributed by atoms with van der Waals surface area (Å²) < 4.78 is 13.3. The lowest BCUT2D eigenvalue weighted by Crippen LogP contribution is -2.37. The molecule has 0 atom stereocenters. The van der Waals surface area contributed by atoms with Gasteiger partial charge in [-0.2, -0.15) is 0 Å². The predicted octanol–water partition coefficient (Wildman–Crippen LogP) is 4.33. The molecular formula is C27H26N4O3. The molecule has 3 heterocycles. The molecule has 1 saturated heterocycles. The van der Waals surface area contributed by atoms with Crippen molar-refractivity contribution < 1.29 is 14.3 Å². The molecule has 0 bridgehead atoms. The minimum atomic E-state index is -0.335. The molecule has 0 unspecified atom stereocenters. The summed E-state index contributed by atoms with van der Waals surface area (Å²) in [6.45, 7) is 1.55. The standard InChI is InChI=1S/C27H26N4O3/c1-31-18-24(23-17-28-13-14-29-23)30-26(31)27(11-15-33-16-12-27)22-9-7-21(8-10-22)25(32)34-19-20-5-3-2-4-6-20/h2-10,13-14,17-18H,11-12,15-16,19H2,1H3. The van der Waals surface area contributed by atoms with Crippen molar-refractivity contribution >= 4 is 5.97 Å². The zero-order valence-electron chi connectivity index (χ0n) is 19.1. The SMILES string of the molecule is Cn1cc(-c2cnccn2)nc1C1(c2ccc(C(=O)OCc3ccccc3)cc2)CCOCC1. The second kappa shape index (κ2) is 9.57. The Morgan fingerprint density at radius 2 is 1.79 bits per heavy atom. The van der Waals surface area contributed by atoms with Crippen LogP contribution < -0.4 is 0 Å². The molecule has 2 aromatic carbocycles. The Labute approximate surface area is 198 Å². The summed E-state index contributed by atoms with van der Waals surface area (Å²) in [6.07, 6.45) is 8.64. The molecule has 5 rings (SSSR count). The van der Waals surface area contributed by atoms with E-state index in [9.17, 15) is 4.79 Å². The van der Waals surface area contributed by atoms with Gasteiger partial charge in [0, 0.05) is 38.9 Å². The molecule has 0 N–H and O–H groups in total. The van der Waals surface area contributed by atoms with E-state index in [1.807, 2.05) is 67.8 Å². The van der Waals surface area contributed by atoms with Gasteiger partial charge < -0.3 is 14.0 Å². The Morgan fingerprint density at radius 3 is 2.50 bits per heavy atom. The molecule has 7 nitrogen and oxygen atoms in total. The van der Waals surface area contributed by atoms with Crippen LogP contribution in [-0.4, -0.2) is 38.7 Å². The van der Waals surface area contributed by atoms with Crippen LogP contribution in [0, 0.1) is 0 Å². The summed E-state index contributed by atoms with van der Waals surface area (Å²) in [5.41, 5.74) is 3.81. The van der Waals surface area contributed by atoms with E-state index in [4.69, 9.17) is 14.5 Å². The third kappa shape index (κ3) is 4.34. The molecule has 7 heteroatoms. The Hall–Kier alpha value is -3.84. The molecule has 1 aliphatic heterocycles. The molecule has 172 valence electrons. The van der Waals surface area contributed by atoms with E-state index in [1.165, 1.54) is 0 Å². The van der Waals surface area contributed by atoms with Gasteiger partial charge in [-0.3, -0.25) is 9.97 Å². The lowest BCUT2D eigenvalue weighted by molar-refractivity contribution is 0.0472. The molecule has 34 heavy (non-hydrogen) atoms. The van der Waals surface area contributed by atoms with Gasteiger partial charge in [0.1, 0.15) is 23.8 Å². The normalized spacial score (nSPS) is 15.1. The molecule has 2 aromatic heterocycles. The van der Waals surface area contributed by atoms with Gasteiger partial charge in [0.15, 0.2) is 0 Å². The van der Waals surface area contributed by atoms with Crippen LogP contribution in [0.25, 0.3) is 11.4 Å². The molecule has 0 amide bonds. The molecule has 1 fully saturated rings. The van der Waals surface area contributed by atoms with E-state index in [-0.39, 0.29) is 18.0 Å². The molecule has 0 spiro atoms. The van der Waals surface area contributed by atoms with Crippen LogP contribution in [0.5, 0.6) is 0 Å². The van der Waals surface area contributed by atoms with E-state index < -0.39 is 0 Å². The zero-order valence-corrected chi connectivity index (χ0v) is 19.1. The van der Waals surface area contributed by atoms with Gasteiger partial charge in [-0.15, -0.1) is 0 Å². The Kier molecular flexibility index (Phi) is 6.18. The number of hydrogen-bond donors (Lipinski definition) is 0. The number of benzene rings is 2. The molecular weight excluding hydrogens is 428 g/mol. The van der Waals surface area contributed by atoms with Crippen molar-refractivity contribution in [2.75, 3.05) is 13.2 Å². The van der Waals surface area contributed by atoms with Crippen LogP contribution in [0.3, 0.4) is 0 Å². The molecule has 0 aliphatic carbocycles. The number of rotatable bonds is 6. The van der Waals surface area contributed by atoms with Crippen molar-refractivity contribution in [3.8, 4) is 11.4 Å². The minimum absolute atomic E-state index is 0.251. The van der Waals surface area contributed by atoms with Crippen molar-refractivity contribution in [1.82, 2.24) is 19.5 Å². The van der Waals surface area contributed by atoms with Gasteiger partial charge in [0.2, 0.25) is 0 Å². The summed E-state index contributed by atoms with van der Waals surface area (Å²) >= 11 is 0. The molecule has 1 aliphatic rings. The third-order valence-electron chi connectivity index (χ3n) is 6.36. The van der Waals surface area contributed by atoms with Crippen LogP contribution in [-0.2, 0) is 28.5 Å². The monoisotopic (exact) mass is 454 g/mol. The molecule has 4 aromatic rings. The number of carbonyl (C=O) groups excluding carboxylic acids is 1. The van der Waals surface area contributed by atoms with Crippen molar-refractivity contribution in [3.05, 3.63) is 102 Å². The van der Waals surface area contributed by atoms with Gasteiger partial charge in [0.25, 0.3) is 0 Å². The first-order valence-corrected chi connectivity index (χ1v) is 11.4. The van der Waals surface area contributed by atoms with E-state index in [2.05, 4.69) is 14.5 Å². The van der Waals surface area contributed by atoms with Gasteiger partial charge in [-0.25, -0.2) is 9.78 Å². The highest BCUT2D eigenvalue weighted by atomic mass is 16.5. The lowest BCUT2D eigenvalue weighted by Gasteiger charge is -2.37. The van der Waals surface area contributed by atoms with Crippen molar-refractivity contribution in [2.24, 2.45) is 7.05 Å². The third-order valence-corrected chi connectivity index (χ3v) is 6.36. The first-order chi connectivity index (χ1) is 16.7. The van der Waals surface area contributed by atoms with E-state index in [0.717, 1.165) is 41.2 Å². The summed E-state index contributed by atoms with van der Waals surface area (Å²) in [6, 6.07) is 17.4. The van der Waals surface area contributed by atoms with E-state index >= 15 is 0 Å². The number of aromatic nitrogens is 4. The number of carbonyl (C=O) groups is 1. The summed E-state index contributed by atoms with van der Waals surface area (Å²) in [7, 11) is 2.01. The Bertz CT molecular complexity index is 1250. The molecule has 0 saturated carbocycles. The number of aryl methyl sites for hydroxylation is 1. The fraction of sp³-hybridized carbons (Fsp3) is 0.259. The van der Waals surface area contributed by atoms with Gasteiger partial charge >= 0.3 is 5.97 Å². The Balaban J connectivity index is 1.42. The van der Waals surface area contributed by atoms with Gasteiger partial charge in [0.05, 0.1) is 17.2 Å². The van der Waals surface area contributed by atoms with Crippen LogP contribution >= 0.6 is 0 Å². The highest BCUT2D eigenvalue weighted by molar-refractivity contribution is 5.89. The van der Waals surface area contributed by atoms with Crippen molar-refractivity contribution in [3.63, 3.8) is 0 Å². The van der Waals surface area contributed by atoms with E-state index in [1.54, 1.807) is 18.6 Å². The fourth-order valence-electron chi connectivity index (χ4n) is 4.56. The number of esters is 1.